The molecule has 3 nitrogen and oxygen atoms in total. The summed E-state index contributed by atoms with van der Waals surface area (Å²) in [6.07, 6.45) is 0. The fraction of sp³-hybridized carbons (Fsp3) is 0.333. The van der Waals surface area contributed by atoms with Crippen LogP contribution in [0.5, 0.6) is 0 Å². The van der Waals surface area contributed by atoms with E-state index in [-0.39, 0.29) is 4.75 Å². The van der Waals surface area contributed by atoms with Crippen molar-refractivity contribution in [2.24, 2.45) is 4.99 Å². The minimum Gasteiger partial charge on any atom is -0.272 e. The SMILES string of the molecule is CC1(C)Cn2sc(=Nc3ccc(Cl)cc3)nc2S1. The molecule has 0 aliphatic carbocycles. The van der Waals surface area contributed by atoms with Crippen molar-refractivity contribution in [1.29, 1.82) is 0 Å². The van der Waals surface area contributed by atoms with Crippen LogP contribution in [0.15, 0.2) is 34.4 Å². The number of benzene rings is 1. The van der Waals surface area contributed by atoms with Crippen molar-refractivity contribution in [1.82, 2.24) is 8.94 Å². The molecule has 2 aromatic rings. The van der Waals surface area contributed by atoms with Gasteiger partial charge in [0, 0.05) is 9.77 Å². The second-order valence-electron chi connectivity index (χ2n) is 4.75. The Balaban J connectivity index is 1.94. The van der Waals surface area contributed by atoms with E-state index in [1.54, 1.807) is 11.5 Å². The summed E-state index contributed by atoms with van der Waals surface area (Å²) in [5.74, 6) is 0. The molecule has 0 N–H and O–H groups in total. The lowest BCUT2D eigenvalue weighted by Crippen LogP contribution is -2.15. The van der Waals surface area contributed by atoms with Crippen LogP contribution in [0, 0.1) is 0 Å². The lowest BCUT2D eigenvalue weighted by molar-refractivity contribution is 0.601. The van der Waals surface area contributed by atoms with Gasteiger partial charge in [-0.25, -0.2) is 4.99 Å². The van der Waals surface area contributed by atoms with Crippen molar-refractivity contribution in [3.8, 4) is 0 Å². The summed E-state index contributed by atoms with van der Waals surface area (Å²) in [4.78, 5) is 9.86. The maximum absolute atomic E-state index is 5.84. The van der Waals surface area contributed by atoms with Gasteiger partial charge in [-0.3, -0.25) is 3.96 Å². The molecule has 94 valence electrons. The summed E-state index contributed by atoms with van der Waals surface area (Å²) in [6, 6.07) is 7.48. The van der Waals surface area contributed by atoms with Crippen molar-refractivity contribution in [3.63, 3.8) is 0 Å². The molecule has 0 fully saturated rings. The standard InChI is InChI=1S/C12H12ClN3S2/c1-12(2)7-16-11(17-12)15-10(18-16)14-9-5-3-8(13)4-6-9/h3-6H,7H2,1-2H3. The second-order valence-corrected chi connectivity index (χ2v) is 7.85. The van der Waals surface area contributed by atoms with Gasteiger partial charge in [0.1, 0.15) is 0 Å². The van der Waals surface area contributed by atoms with Crippen LogP contribution in [-0.2, 0) is 6.54 Å². The van der Waals surface area contributed by atoms with Crippen LogP contribution in [-0.4, -0.2) is 13.7 Å². The number of hydrogen-bond donors (Lipinski definition) is 0. The van der Waals surface area contributed by atoms with Gasteiger partial charge in [0.2, 0.25) is 4.80 Å². The highest BCUT2D eigenvalue weighted by atomic mass is 35.5. The molecule has 0 radical (unpaired) electrons. The maximum Gasteiger partial charge on any atom is 0.228 e. The highest BCUT2D eigenvalue weighted by molar-refractivity contribution is 8.00. The van der Waals surface area contributed by atoms with Gasteiger partial charge in [-0.2, -0.15) is 4.98 Å². The zero-order chi connectivity index (χ0) is 12.8. The van der Waals surface area contributed by atoms with Crippen molar-refractivity contribution in [2.75, 3.05) is 0 Å². The van der Waals surface area contributed by atoms with E-state index < -0.39 is 0 Å². The third-order valence-corrected chi connectivity index (χ3v) is 4.95. The maximum atomic E-state index is 5.84. The van der Waals surface area contributed by atoms with Crippen molar-refractivity contribution in [2.45, 2.75) is 30.3 Å². The quantitative estimate of drug-likeness (QED) is 0.803. The van der Waals surface area contributed by atoms with Crippen LogP contribution in [0.1, 0.15) is 13.8 Å². The Labute approximate surface area is 119 Å². The molecule has 0 unspecified atom stereocenters. The van der Waals surface area contributed by atoms with Crippen molar-refractivity contribution >= 4 is 40.6 Å². The average molecular weight is 298 g/mol. The molecule has 0 bridgehead atoms. The average Bonchev–Trinajstić information content (AvgIpc) is 2.74. The van der Waals surface area contributed by atoms with E-state index >= 15 is 0 Å². The van der Waals surface area contributed by atoms with Gasteiger partial charge in [0.05, 0.1) is 12.2 Å². The molecule has 0 spiro atoms. The Kier molecular flexibility index (Phi) is 3.00. The zero-order valence-corrected chi connectivity index (χ0v) is 12.4. The first-order valence-corrected chi connectivity index (χ1v) is 7.56. The third kappa shape index (κ3) is 2.48. The van der Waals surface area contributed by atoms with Crippen LogP contribution in [0.3, 0.4) is 0 Å². The van der Waals surface area contributed by atoms with Crippen LogP contribution >= 0.6 is 34.9 Å². The van der Waals surface area contributed by atoms with E-state index in [1.165, 1.54) is 0 Å². The number of rotatable bonds is 1. The van der Waals surface area contributed by atoms with E-state index in [4.69, 9.17) is 11.6 Å². The normalized spacial score (nSPS) is 18.1. The molecule has 18 heavy (non-hydrogen) atoms. The molecular formula is C12H12ClN3S2. The Hall–Kier alpha value is -0.780. The molecule has 3 rings (SSSR count). The van der Waals surface area contributed by atoms with E-state index in [0.29, 0.717) is 0 Å². The summed E-state index contributed by atoms with van der Waals surface area (Å²) >= 11 is 9.26. The molecule has 1 aromatic carbocycles. The number of hydrogen-bond acceptors (Lipinski definition) is 4. The highest BCUT2D eigenvalue weighted by Crippen LogP contribution is 2.39. The van der Waals surface area contributed by atoms with Crippen molar-refractivity contribution < 1.29 is 0 Å². The van der Waals surface area contributed by atoms with Crippen LogP contribution < -0.4 is 4.80 Å². The van der Waals surface area contributed by atoms with E-state index in [2.05, 4.69) is 27.8 Å². The first-order chi connectivity index (χ1) is 8.52. The minimum atomic E-state index is 0.248. The zero-order valence-electron chi connectivity index (χ0n) is 10.1. The molecule has 1 aliphatic heterocycles. The summed E-state index contributed by atoms with van der Waals surface area (Å²) in [7, 11) is 0. The molecular weight excluding hydrogens is 286 g/mol. The van der Waals surface area contributed by atoms with E-state index in [9.17, 15) is 0 Å². The minimum absolute atomic E-state index is 0.248. The fourth-order valence-corrected chi connectivity index (χ4v) is 4.22. The highest BCUT2D eigenvalue weighted by Gasteiger charge is 2.31. The van der Waals surface area contributed by atoms with E-state index in [0.717, 1.165) is 27.2 Å². The van der Waals surface area contributed by atoms with Gasteiger partial charge in [0.25, 0.3) is 0 Å². The van der Waals surface area contributed by atoms with E-state index in [1.807, 2.05) is 36.0 Å². The summed E-state index contributed by atoms with van der Waals surface area (Å²) in [5.41, 5.74) is 0.886. The molecule has 0 saturated heterocycles. The summed E-state index contributed by atoms with van der Waals surface area (Å²) in [6.45, 7) is 5.46. The van der Waals surface area contributed by atoms with Crippen LogP contribution in [0.25, 0.3) is 0 Å². The van der Waals surface area contributed by atoms with Crippen LogP contribution in [0.2, 0.25) is 5.02 Å². The summed E-state index contributed by atoms with van der Waals surface area (Å²) in [5, 5.41) is 1.79. The fourth-order valence-electron chi connectivity index (χ4n) is 1.77. The van der Waals surface area contributed by atoms with Gasteiger partial charge < -0.3 is 0 Å². The molecule has 0 amide bonds. The number of nitrogens with zero attached hydrogens (tertiary/aromatic N) is 3. The van der Waals surface area contributed by atoms with Gasteiger partial charge >= 0.3 is 0 Å². The van der Waals surface area contributed by atoms with Gasteiger partial charge in [-0.05, 0) is 49.6 Å². The third-order valence-electron chi connectivity index (χ3n) is 2.54. The molecule has 1 aliphatic rings. The Morgan fingerprint density at radius 3 is 2.72 bits per heavy atom. The first kappa shape index (κ1) is 12.3. The lowest BCUT2D eigenvalue weighted by Gasteiger charge is -2.12. The lowest BCUT2D eigenvalue weighted by atomic mass is 10.2. The molecule has 0 atom stereocenters. The Morgan fingerprint density at radius 2 is 2.06 bits per heavy atom. The number of thioether (sulfide) groups is 1. The Bertz CT molecular complexity index is 612. The molecule has 2 heterocycles. The van der Waals surface area contributed by atoms with Crippen LogP contribution in [0.4, 0.5) is 5.69 Å². The summed E-state index contributed by atoms with van der Waals surface area (Å²) < 4.78 is 2.46. The number of halogens is 1. The van der Waals surface area contributed by atoms with Gasteiger partial charge in [-0.15, -0.1) is 0 Å². The van der Waals surface area contributed by atoms with Gasteiger partial charge in [0.15, 0.2) is 5.16 Å². The van der Waals surface area contributed by atoms with Crippen molar-refractivity contribution in [3.05, 3.63) is 34.1 Å². The predicted octanol–water partition coefficient (Wildman–Crippen LogP) is 3.71. The van der Waals surface area contributed by atoms with Gasteiger partial charge in [-0.1, -0.05) is 23.4 Å². The number of aromatic nitrogens is 2. The molecule has 1 aromatic heterocycles. The monoisotopic (exact) mass is 297 g/mol. The smallest absolute Gasteiger partial charge is 0.228 e. The first-order valence-electron chi connectivity index (χ1n) is 5.59. The molecule has 0 saturated carbocycles. The topological polar surface area (TPSA) is 30.2 Å². The Morgan fingerprint density at radius 1 is 1.33 bits per heavy atom. The largest absolute Gasteiger partial charge is 0.272 e. The predicted molar refractivity (Wildman–Crippen MR) is 76.7 cm³/mol. The second kappa shape index (κ2) is 4.40. The molecule has 6 heteroatoms. The number of fused-ring (bicyclic) bond motifs is 1.